The first-order chi connectivity index (χ1) is 11.7. The summed E-state index contributed by atoms with van der Waals surface area (Å²) < 4.78 is 5.04. The zero-order valence-electron chi connectivity index (χ0n) is 13.2. The van der Waals surface area contributed by atoms with Crippen LogP contribution in [0.3, 0.4) is 0 Å². The maximum atomic E-state index is 12.4. The molecule has 0 radical (unpaired) electrons. The Kier molecular flexibility index (Phi) is 4.88. The fraction of sp³-hybridized carbons (Fsp3) is 0.412. The molecule has 1 N–H and O–H groups in total. The van der Waals surface area contributed by atoms with Crippen LogP contribution in [0.4, 0.5) is 5.69 Å². The molecule has 1 amide bonds. The van der Waals surface area contributed by atoms with Gasteiger partial charge in [0.2, 0.25) is 0 Å². The summed E-state index contributed by atoms with van der Waals surface area (Å²) in [5.74, 6) is -0.897. The predicted molar refractivity (Wildman–Crippen MR) is 87.5 cm³/mol. The van der Waals surface area contributed by atoms with Crippen molar-refractivity contribution in [1.82, 2.24) is 10.5 Å². The highest BCUT2D eigenvalue weighted by atomic mass is 16.6. The smallest absolute Gasteiger partial charge is 0.346 e. The molecule has 1 heterocycles. The second kappa shape index (κ2) is 7.25. The van der Waals surface area contributed by atoms with Crippen molar-refractivity contribution in [1.29, 1.82) is 0 Å². The van der Waals surface area contributed by atoms with Crippen LogP contribution in [-0.2, 0) is 0 Å². The minimum atomic E-state index is -0.610. The summed E-state index contributed by atoms with van der Waals surface area (Å²) in [7, 11) is 0. The van der Waals surface area contributed by atoms with Crippen molar-refractivity contribution in [3.05, 3.63) is 46.2 Å². The monoisotopic (exact) mass is 329 g/mol. The van der Waals surface area contributed by atoms with E-state index in [0.29, 0.717) is 5.56 Å². The summed E-state index contributed by atoms with van der Waals surface area (Å²) in [6.07, 6.45) is 6.20. The first-order valence-corrected chi connectivity index (χ1v) is 8.17. The van der Waals surface area contributed by atoms with Crippen LogP contribution in [0.2, 0.25) is 0 Å². The normalized spacial score (nSPS) is 15.7. The van der Waals surface area contributed by atoms with Gasteiger partial charge in [-0.25, -0.2) is 0 Å². The van der Waals surface area contributed by atoms with Gasteiger partial charge in [-0.05, 0) is 12.8 Å². The van der Waals surface area contributed by atoms with Crippen molar-refractivity contribution >= 4 is 11.6 Å². The molecule has 0 spiro atoms. The molecule has 2 aromatic rings. The molecule has 24 heavy (non-hydrogen) atoms. The van der Waals surface area contributed by atoms with Crippen LogP contribution < -0.4 is 5.32 Å². The van der Waals surface area contributed by atoms with Gasteiger partial charge in [0.05, 0.1) is 4.92 Å². The minimum absolute atomic E-state index is 0.0323. The van der Waals surface area contributed by atoms with Crippen LogP contribution in [0.25, 0.3) is 11.3 Å². The Balaban J connectivity index is 1.86. The molecule has 7 nitrogen and oxygen atoms in total. The molecular weight excluding hydrogens is 310 g/mol. The van der Waals surface area contributed by atoms with Gasteiger partial charge in [0.1, 0.15) is 0 Å². The molecule has 126 valence electrons. The maximum absolute atomic E-state index is 12.4. The third kappa shape index (κ3) is 3.45. The average molecular weight is 329 g/mol. The van der Waals surface area contributed by atoms with E-state index in [1.165, 1.54) is 0 Å². The highest BCUT2D eigenvalue weighted by molar-refractivity contribution is 5.98. The molecule has 1 aliphatic rings. The van der Waals surface area contributed by atoms with E-state index in [9.17, 15) is 14.9 Å². The highest BCUT2D eigenvalue weighted by Crippen LogP contribution is 2.32. The van der Waals surface area contributed by atoms with E-state index in [0.717, 1.165) is 38.5 Å². The number of hydrogen-bond donors (Lipinski definition) is 1. The second-order valence-corrected chi connectivity index (χ2v) is 5.99. The Bertz CT molecular complexity index is 719. The predicted octanol–water partition coefficient (Wildman–Crippen LogP) is 3.70. The lowest BCUT2D eigenvalue weighted by molar-refractivity contribution is -0.384. The van der Waals surface area contributed by atoms with Crippen LogP contribution in [-0.4, -0.2) is 22.0 Å². The summed E-state index contributed by atoms with van der Waals surface area (Å²) >= 11 is 0. The summed E-state index contributed by atoms with van der Waals surface area (Å²) in [6.45, 7) is 0. The zero-order chi connectivity index (χ0) is 16.9. The number of aromatic nitrogens is 1. The maximum Gasteiger partial charge on any atom is 0.349 e. The van der Waals surface area contributed by atoms with E-state index in [1.807, 2.05) is 0 Å². The molecule has 1 fully saturated rings. The van der Waals surface area contributed by atoms with E-state index in [-0.39, 0.29) is 23.2 Å². The fourth-order valence-electron chi connectivity index (χ4n) is 3.06. The van der Waals surface area contributed by atoms with Crippen molar-refractivity contribution in [3.63, 3.8) is 0 Å². The third-order valence-corrected chi connectivity index (χ3v) is 4.29. The Morgan fingerprint density at radius 1 is 1.17 bits per heavy atom. The molecule has 0 atom stereocenters. The quantitative estimate of drug-likeness (QED) is 0.524. The molecule has 1 aliphatic carbocycles. The largest absolute Gasteiger partial charge is 0.349 e. The lowest BCUT2D eigenvalue weighted by Crippen LogP contribution is -2.34. The average Bonchev–Trinajstić information content (AvgIpc) is 2.89. The van der Waals surface area contributed by atoms with Crippen molar-refractivity contribution in [3.8, 4) is 11.3 Å². The van der Waals surface area contributed by atoms with Crippen LogP contribution in [0.5, 0.6) is 0 Å². The van der Waals surface area contributed by atoms with Gasteiger partial charge in [0.15, 0.2) is 5.69 Å². The Morgan fingerprint density at radius 3 is 2.46 bits per heavy atom. The van der Waals surface area contributed by atoms with E-state index in [2.05, 4.69) is 10.5 Å². The Labute approximate surface area is 139 Å². The molecule has 1 aromatic carbocycles. The van der Waals surface area contributed by atoms with E-state index >= 15 is 0 Å². The number of nitrogens with zero attached hydrogens (tertiary/aromatic N) is 2. The van der Waals surface area contributed by atoms with Gasteiger partial charge >= 0.3 is 11.4 Å². The highest BCUT2D eigenvalue weighted by Gasteiger charge is 2.33. The van der Waals surface area contributed by atoms with Crippen LogP contribution in [0, 0.1) is 10.1 Å². The topological polar surface area (TPSA) is 98.3 Å². The molecule has 0 aliphatic heterocycles. The number of carbonyl (C=O) groups excluding carboxylic acids is 1. The number of rotatable bonds is 4. The second-order valence-electron chi connectivity index (χ2n) is 5.99. The van der Waals surface area contributed by atoms with Gasteiger partial charge in [-0.2, -0.15) is 0 Å². The number of hydrogen-bond acceptors (Lipinski definition) is 5. The molecule has 7 heteroatoms. The van der Waals surface area contributed by atoms with E-state index < -0.39 is 10.8 Å². The number of benzene rings is 1. The SMILES string of the molecule is O=C(NC1CCCCCC1)c1onc(-c2ccccc2)c1[N+](=O)[O-]. The van der Waals surface area contributed by atoms with Gasteiger partial charge in [-0.15, -0.1) is 0 Å². The zero-order valence-corrected chi connectivity index (χ0v) is 13.2. The van der Waals surface area contributed by atoms with Gasteiger partial charge < -0.3 is 9.84 Å². The first kappa shape index (κ1) is 16.2. The number of nitrogens with one attached hydrogen (secondary N) is 1. The summed E-state index contributed by atoms with van der Waals surface area (Å²) in [5.41, 5.74) is 0.236. The van der Waals surface area contributed by atoms with Gasteiger partial charge in [-0.1, -0.05) is 61.2 Å². The molecule has 3 rings (SSSR count). The Hall–Kier alpha value is -2.70. The summed E-state index contributed by atoms with van der Waals surface area (Å²) in [6, 6.07) is 8.72. The van der Waals surface area contributed by atoms with Gasteiger partial charge in [0.25, 0.3) is 5.91 Å². The number of nitro groups is 1. The Morgan fingerprint density at radius 2 is 1.83 bits per heavy atom. The van der Waals surface area contributed by atoms with Crippen LogP contribution >= 0.6 is 0 Å². The molecule has 1 saturated carbocycles. The van der Waals surface area contributed by atoms with E-state index in [4.69, 9.17) is 4.52 Å². The summed E-state index contributed by atoms with van der Waals surface area (Å²) in [5, 5.41) is 18.1. The molecule has 0 bridgehead atoms. The minimum Gasteiger partial charge on any atom is -0.346 e. The lowest BCUT2D eigenvalue weighted by atomic mass is 10.1. The van der Waals surface area contributed by atoms with Crippen molar-refractivity contribution < 1.29 is 14.2 Å². The standard InChI is InChI=1S/C17H19N3O4/c21-17(18-13-10-6-1-2-7-11-13)16-15(20(22)23)14(19-24-16)12-8-4-3-5-9-12/h3-5,8-9,13H,1-2,6-7,10-11H2,(H,18,21). The number of amides is 1. The third-order valence-electron chi connectivity index (χ3n) is 4.29. The van der Waals surface area contributed by atoms with Crippen molar-refractivity contribution in [2.75, 3.05) is 0 Å². The van der Waals surface area contributed by atoms with Crippen molar-refractivity contribution in [2.45, 2.75) is 44.6 Å². The fourth-order valence-corrected chi connectivity index (χ4v) is 3.06. The molecule has 0 saturated heterocycles. The summed E-state index contributed by atoms with van der Waals surface area (Å²) in [4.78, 5) is 23.3. The first-order valence-electron chi connectivity index (χ1n) is 8.17. The van der Waals surface area contributed by atoms with Crippen LogP contribution in [0.15, 0.2) is 34.9 Å². The lowest BCUT2D eigenvalue weighted by Gasteiger charge is -2.14. The molecular formula is C17H19N3O4. The van der Waals surface area contributed by atoms with E-state index in [1.54, 1.807) is 30.3 Å². The number of carbonyl (C=O) groups is 1. The van der Waals surface area contributed by atoms with Gasteiger partial charge in [-0.3, -0.25) is 14.9 Å². The van der Waals surface area contributed by atoms with Crippen molar-refractivity contribution in [2.24, 2.45) is 0 Å². The molecule has 1 aromatic heterocycles. The van der Waals surface area contributed by atoms with Gasteiger partial charge in [0, 0.05) is 11.6 Å². The molecule has 0 unspecified atom stereocenters. The van der Waals surface area contributed by atoms with Crippen LogP contribution in [0.1, 0.15) is 49.1 Å².